The van der Waals surface area contributed by atoms with Gasteiger partial charge in [-0.1, -0.05) is 0 Å². The smallest absolute Gasteiger partial charge is 0.281 e. The Morgan fingerprint density at radius 3 is 2.00 bits per heavy atom. The number of hydrogen-bond donors (Lipinski definition) is 1. The molecule has 0 aromatic heterocycles. The Morgan fingerprint density at radius 2 is 2.00 bits per heavy atom. The molecule has 0 saturated carbocycles. The Labute approximate surface area is 45.0 Å². The molecule has 0 aliphatic rings. The van der Waals surface area contributed by atoms with Crippen LogP contribution in [-0.2, 0) is 10.1 Å². The second-order valence-electron chi connectivity index (χ2n) is 1.04. The average Bonchev–Trinajstić information content (AvgIpc) is 1.21. The lowest BCUT2D eigenvalue weighted by Gasteiger charge is -1.84. The molecular weight excluding hydrogens is 138 g/mol. The van der Waals surface area contributed by atoms with Gasteiger partial charge in [0.2, 0.25) is 0 Å². The molecule has 0 saturated heterocycles. The largest absolute Gasteiger partial charge is 0.332 e. The molecule has 0 unspecified atom stereocenters. The molecule has 0 radical (unpaired) electrons. The summed E-state index contributed by atoms with van der Waals surface area (Å²) in [5, 5.41) is 9.28. The molecule has 0 rings (SSSR count). The third-order valence-electron chi connectivity index (χ3n) is 0.269. The summed E-state index contributed by atoms with van der Waals surface area (Å²) in [4.78, 5) is 8.15. The van der Waals surface area contributed by atoms with Crippen molar-refractivity contribution in [3.63, 3.8) is 0 Å². The monoisotopic (exact) mass is 141 g/mol. The summed E-state index contributed by atoms with van der Waals surface area (Å²) in [5.74, 6) is -1.42. The highest BCUT2D eigenvalue weighted by Crippen LogP contribution is 1.79. The highest BCUT2D eigenvalue weighted by molar-refractivity contribution is 7.85. The van der Waals surface area contributed by atoms with E-state index in [1.807, 2.05) is 0 Å². The zero-order valence-corrected chi connectivity index (χ0v) is 4.46. The van der Waals surface area contributed by atoms with Crippen LogP contribution < -0.4 is 0 Å². The fourth-order valence-electron chi connectivity index (χ4n) is 0.133. The summed E-state index contributed by atoms with van der Waals surface area (Å²) >= 11 is 0. The first-order valence-electron chi connectivity index (χ1n) is 1.49. The van der Waals surface area contributed by atoms with E-state index in [-0.39, 0.29) is 0 Å². The molecule has 0 aliphatic heterocycles. The number of nitrogens with zero attached hydrogens (tertiary/aromatic N) is 1. The van der Waals surface area contributed by atoms with Crippen LogP contribution in [0.5, 0.6) is 0 Å². The van der Waals surface area contributed by atoms with Gasteiger partial charge >= 0.3 is 16.0 Å². The van der Waals surface area contributed by atoms with Crippen LogP contribution >= 0.6 is 0 Å². The van der Waals surface area contributed by atoms with Crippen molar-refractivity contribution in [2.24, 2.45) is 0 Å². The van der Waals surface area contributed by atoms with Crippen molar-refractivity contribution >= 4 is 10.1 Å². The SMILES string of the molecule is O=[N+]([O-])CS(=O)(=O)O. The number of hydrogen-bond acceptors (Lipinski definition) is 4. The van der Waals surface area contributed by atoms with Crippen LogP contribution in [-0.4, -0.2) is 23.8 Å². The fraction of sp³-hybridized carbons (Fsp3) is 1.00. The van der Waals surface area contributed by atoms with Crippen molar-refractivity contribution in [1.82, 2.24) is 0 Å². The minimum Gasteiger partial charge on any atom is -0.281 e. The van der Waals surface area contributed by atoms with Gasteiger partial charge in [0, 0.05) is 4.92 Å². The van der Waals surface area contributed by atoms with E-state index >= 15 is 0 Å². The van der Waals surface area contributed by atoms with Crippen molar-refractivity contribution < 1.29 is 17.9 Å². The van der Waals surface area contributed by atoms with Gasteiger partial charge in [-0.2, -0.15) is 8.42 Å². The lowest BCUT2D eigenvalue weighted by atomic mass is 11.5. The first kappa shape index (κ1) is 7.31. The lowest BCUT2D eigenvalue weighted by molar-refractivity contribution is -0.459. The van der Waals surface area contributed by atoms with E-state index in [0.717, 1.165) is 0 Å². The molecule has 48 valence electrons. The van der Waals surface area contributed by atoms with E-state index in [2.05, 4.69) is 0 Å². The molecule has 0 amide bonds. The molecule has 0 aliphatic carbocycles. The van der Waals surface area contributed by atoms with Crippen molar-refractivity contribution in [3.05, 3.63) is 10.1 Å². The van der Waals surface area contributed by atoms with Crippen LogP contribution in [0.15, 0.2) is 0 Å². The minimum absolute atomic E-state index is 1.13. The van der Waals surface area contributed by atoms with E-state index in [0.29, 0.717) is 0 Å². The third-order valence-corrected chi connectivity index (χ3v) is 0.806. The topological polar surface area (TPSA) is 97.5 Å². The zero-order chi connectivity index (χ0) is 6.78. The summed E-state index contributed by atoms with van der Waals surface area (Å²) in [7, 11) is -4.42. The van der Waals surface area contributed by atoms with Crippen LogP contribution in [0.2, 0.25) is 0 Å². The van der Waals surface area contributed by atoms with Gasteiger partial charge in [0.15, 0.2) is 0 Å². The quantitative estimate of drug-likeness (QED) is 0.305. The Morgan fingerprint density at radius 1 is 1.62 bits per heavy atom. The van der Waals surface area contributed by atoms with E-state index in [1.165, 1.54) is 0 Å². The predicted molar refractivity (Wildman–Crippen MR) is 23.4 cm³/mol. The predicted octanol–water partition coefficient (Wildman–Crippen LogP) is -0.892. The van der Waals surface area contributed by atoms with Crippen molar-refractivity contribution in [2.75, 3.05) is 5.88 Å². The van der Waals surface area contributed by atoms with Gasteiger partial charge < -0.3 is 0 Å². The fourth-order valence-corrected chi connectivity index (χ4v) is 0.400. The summed E-state index contributed by atoms with van der Waals surface area (Å²) in [6, 6.07) is 0. The normalized spacial score (nSPS) is 11.1. The molecule has 0 aromatic rings. The van der Waals surface area contributed by atoms with E-state index in [4.69, 9.17) is 4.55 Å². The van der Waals surface area contributed by atoms with Crippen LogP contribution in [0.1, 0.15) is 0 Å². The molecule has 8 heavy (non-hydrogen) atoms. The number of rotatable bonds is 2. The Bertz CT molecular complexity index is 179. The van der Waals surface area contributed by atoms with E-state index in [9.17, 15) is 18.5 Å². The maximum absolute atomic E-state index is 9.56. The van der Waals surface area contributed by atoms with Crippen molar-refractivity contribution in [3.8, 4) is 0 Å². The zero-order valence-electron chi connectivity index (χ0n) is 3.64. The second kappa shape index (κ2) is 2.05. The first-order valence-corrected chi connectivity index (χ1v) is 3.10. The standard InChI is InChI=1S/CH3NO5S/c3-2(4)1-8(5,6)7/h1H2,(H,5,6,7). The van der Waals surface area contributed by atoms with E-state index in [1.54, 1.807) is 0 Å². The first-order chi connectivity index (χ1) is 3.42. The van der Waals surface area contributed by atoms with Crippen LogP contribution in [0.25, 0.3) is 0 Å². The van der Waals surface area contributed by atoms with E-state index < -0.39 is 20.9 Å². The highest BCUT2D eigenvalue weighted by Gasteiger charge is 2.11. The molecule has 0 heterocycles. The highest BCUT2D eigenvalue weighted by atomic mass is 32.2. The molecule has 1 N–H and O–H groups in total. The van der Waals surface area contributed by atoms with Gasteiger partial charge in [-0.15, -0.1) is 0 Å². The lowest BCUT2D eigenvalue weighted by Crippen LogP contribution is -2.12. The molecule has 6 nitrogen and oxygen atoms in total. The van der Waals surface area contributed by atoms with Gasteiger partial charge in [-0.3, -0.25) is 14.7 Å². The molecule has 0 fully saturated rings. The van der Waals surface area contributed by atoms with Gasteiger partial charge in [-0.25, -0.2) is 0 Å². The maximum atomic E-state index is 9.56. The van der Waals surface area contributed by atoms with Gasteiger partial charge in [0.25, 0.3) is 0 Å². The van der Waals surface area contributed by atoms with Gasteiger partial charge in [0.05, 0.1) is 0 Å². The third kappa shape index (κ3) is 5.31. The van der Waals surface area contributed by atoms with Gasteiger partial charge in [-0.05, 0) is 0 Å². The maximum Gasteiger partial charge on any atom is 0.332 e. The molecule has 0 atom stereocenters. The van der Waals surface area contributed by atoms with Gasteiger partial charge in [0.1, 0.15) is 0 Å². The molecule has 0 spiro atoms. The summed E-state index contributed by atoms with van der Waals surface area (Å²) in [6.07, 6.45) is 0. The minimum atomic E-state index is -4.42. The summed E-state index contributed by atoms with van der Waals surface area (Å²) in [6.45, 7) is 0. The molecule has 0 bridgehead atoms. The Hall–Kier alpha value is -0.690. The van der Waals surface area contributed by atoms with Crippen molar-refractivity contribution in [2.45, 2.75) is 0 Å². The Balaban J connectivity index is 3.95. The summed E-state index contributed by atoms with van der Waals surface area (Å²) < 4.78 is 26.8. The molecule has 7 heteroatoms. The Kier molecular flexibility index (Phi) is 1.88. The molecule has 0 aromatic carbocycles. The molecular formula is CH3NO5S. The second-order valence-corrected chi connectivity index (χ2v) is 2.47. The van der Waals surface area contributed by atoms with Crippen LogP contribution in [0, 0.1) is 10.1 Å². The summed E-state index contributed by atoms with van der Waals surface area (Å²) in [5.41, 5.74) is 0. The van der Waals surface area contributed by atoms with Crippen LogP contribution in [0.3, 0.4) is 0 Å². The average molecular weight is 141 g/mol. The van der Waals surface area contributed by atoms with Crippen molar-refractivity contribution in [1.29, 1.82) is 0 Å². The number of nitro groups is 1. The van der Waals surface area contributed by atoms with Crippen LogP contribution in [0.4, 0.5) is 0 Å².